The fourth-order valence-electron chi connectivity index (χ4n) is 1.44. The van der Waals surface area contributed by atoms with Gasteiger partial charge in [0.05, 0.1) is 4.92 Å². The second-order valence-electron chi connectivity index (χ2n) is 4.28. The molecule has 0 fully saturated rings. The van der Waals surface area contributed by atoms with Crippen LogP contribution in [0, 0.1) is 16.0 Å². The Balaban J connectivity index is 2.65. The first kappa shape index (κ1) is 14.8. The molecule has 0 aliphatic heterocycles. The van der Waals surface area contributed by atoms with E-state index in [1.54, 1.807) is 12.1 Å². The maximum absolute atomic E-state index is 10.7. The van der Waals surface area contributed by atoms with Gasteiger partial charge in [0.15, 0.2) is 0 Å². The Labute approximate surface area is 111 Å². The lowest BCUT2D eigenvalue weighted by molar-refractivity contribution is -0.384. The van der Waals surface area contributed by atoms with E-state index in [0.717, 1.165) is 17.1 Å². The van der Waals surface area contributed by atoms with Crippen LogP contribution in [0.3, 0.4) is 0 Å². The number of hydrazine groups is 1. The van der Waals surface area contributed by atoms with Crippen molar-refractivity contribution in [1.29, 1.82) is 0 Å². The smallest absolute Gasteiger partial charge is 0.293 e. The van der Waals surface area contributed by atoms with E-state index < -0.39 is 4.92 Å². The molecule has 5 nitrogen and oxygen atoms in total. The lowest BCUT2D eigenvalue weighted by atomic mass is 10.2. The van der Waals surface area contributed by atoms with Gasteiger partial charge in [0.2, 0.25) is 0 Å². The molecule has 0 amide bonds. The van der Waals surface area contributed by atoms with Crippen molar-refractivity contribution in [1.82, 2.24) is 0 Å². The van der Waals surface area contributed by atoms with E-state index in [1.807, 2.05) is 11.8 Å². The molecule has 3 N–H and O–H groups in total. The third kappa shape index (κ3) is 4.19. The summed E-state index contributed by atoms with van der Waals surface area (Å²) in [6.07, 6.45) is 1.17. The van der Waals surface area contributed by atoms with E-state index in [9.17, 15) is 10.1 Å². The summed E-state index contributed by atoms with van der Waals surface area (Å²) >= 11 is 1.83. The Morgan fingerprint density at radius 3 is 2.83 bits per heavy atom. The summed E-state index contributed by atoms with van der Waals surface area (Å²) in [4.78, 5) is 10.3. The lowest BCUT2D eigenvalue weighted by Crippen LogP contribution is -2.09. The number of anilines is 1. The van der Waals surface area contributed by atoms with Gasteiger partial charge in [-0.25, -0.2) is 0 Å². The molecular formula is C12H19N3O2S. The van der Waals surface area contributed by atoms with Gasteiger partial charge < -0.3 is 5.43 Å². The summed E-state index contributed by atoms with van der Waals surface area (Å²) < 4.78 is 0. The predicted octanol–water partition coefficient (Wildman–Crippen LogP) is 3.16. The van der Waals surface area contributed by atoms with Gasteiger partial charge in [-0.1, -0.05) is 26.3 Å². The van der Waals surface area contributed by atoms with E-state index in [2.05, 4.69) is 19.3 Å². The summed E-state index contributed by atoms with van der Waals surface area (Å²) in [6, 6.07) is 5.01. The number of thioether (sulfide) groups is 1. The molecule has 0 aliphatic rings. The van der Waals surface area contributed by atoms with Crippen molar-refractivity contribution in [3.8, 4) is 0 Å². The number of nitro benzene ring substituents is 1. The summed E-state index contributed by atoms with van der Waals surface area (Å²) in [6.45, 7) is 4.39. The highest BCUT2D eigenvalue weighted by Gasteiger charge is 2.13. The largest absolute Gasteiger partial charge is 0.318 e. The van der Waals surface area contributed by atoms with E-state index in [1.165, 1.54) is 12.5 Å². The molecule has 0 aliphatic carbocycles. The van der Waals surface area contributed by atoms with Crippen LogP contribution in [-0.4, -0.2) is 10.7 Å². The number of nitro groups is 1. The molecule has 6 heteroatoms. The monoisotopic (exact) mass is 269 g/mol. The Morgan fingerprint density at radius 2 is 2.28 bits per heavy atom. The fourth-order valence-corrected chi connectivity index (χ4v) is 2.61. The number of nitrogen functional groups attached to an aromatic ring is 1. The fraction of sp³-hybridized carbons (Fsp3) is 0.500. The first-order valence-electron chi connectivity index (χ1n) is 5.90. The van der Waals surface area contributed by atoms with E-state index in [4.69, 9.17) is 5.84 Å². The standard InChI is InChI=1S/C12H19N3O2S/c1-3-9(2)7-18-8-10-4-5-12(15(16)17)11(6-10)14-13/h4-6,9,14H,3,7-8,13H2,1-2H3. The average molecular weight is 269 g/mol. The zero-order valence-electron chi connectivity index (χ0n) is 10.7. The van der Waals surface area contributed by atoms with Crippen molar-refractivity contribution in [3.05, 3.63) is 33.9 Å². The quantitative estimate of drug-likeness (QED) is 0.451. The zero-order chi connectivity index (χ0) is 13.5. The minimum Gasteiger partial charge on any atom is -0.318 e. The number of hydrogen-bond acceptors (Lipinski definition) is 5. The summed E-state index contributed by atoms with van der Waals surface area (Å²) in [5.74, 6) is 7.93. The van der Waals surface area contributed by atoms with Crippen molar-refractivity contribution in [3.63, 3.8) is 0 Å². The topological polar surface area (TPSA) is 81.2 Å². The lowest BCUT2D eigenvalue weighted by Gasteiger charge is -2.09. The first-order valence-corrected chi connectivity index (χ1v) is 7.05. The normalized spacial score (nSPS) is 12.2. The Bertz CT molecular complexity index is 412. The molecule has 1 atom stereocenters. The predicted molar refractivity (Wildman–Crippen MR) is 76.5 cm³/mol. The molecule has 0 spiro atoms. The van der Waals surface area contributed by atoms with Gasteiger partial charge in [-0.3, -0.25) is 16.0 Å². The van der Waals surface area contributed by atoms with Crippen molar-refractivity contribution in [2.24, 2.45) is 11.8 Å². The highest BCUT2D eigenvalue weighted by atomic mass is 32.2. The number of nitrogens with zero attached hydrogens (tertiary/aromatic N) is 1. The van der Waals surface area contributed by atoms with Gasteiger partial charge in [-0.2, -0.15) is 11.8 Å². The van der Waals surface area contributed by atoms with Crippen molar-refractivity contribution in [2.45, 2.75) is 26.0 Å². The molecule has 100 valence electrons. The van der Waals surface area contributed by atoms with Gasteiger partial charge in [-0.05, 0) is 23.3 Å². The molecule has 0 radical (unpaired) electrons. The number of rotatable bonds is 7. The first-order chi connectivity index (χ1) is 8.58. The number of benzene rings is 1. The third-order valence-corrected chi connectivity index (χ3v) is 4.12. The maximum atomic E-state index is 10.7. The average Bonchev–Trinajstić information content (AvgIpc) is 2.37. The molecule has 1 rings (SSSR count). The van der Waals surface area contributed by atoms with Crippen molar-refractivity contribution < 1.29 is 4.92 Å². The molecule has 0 saturated carbocycles. The molecule has 0 bridgehead atoms. The molecule has 0 heterocycles. The SMILES string of the molecule is CCC(C)CSCc1ccc([N+](=O)[O-])c(NN)c1. The second kappa shape index (κ2) is 7.23. The molecule has 0 aromatic heterocycles. The number of hydrogen-bond donors (Lipinski definition) is 2. The molecule has 18 heavy (non-hydrogen) atoms. The zero-order valence-corrected chi connectivity index (χ0v) is 11.5. The third-order valence-electron chi connectivity index (χ3n) is 2.78. The van der Waals surface area contributed by atoms with Crippen LogP contribution in [0.15, 0.2) is 18.2 Å². The maximum Gasteiger partial charge on any atom is 0.293 e. The van der Waals surface area contributed by atoms with Gasteiger partial charge in [0.1, 0.15) is 5.69 Å². The van der Waals surface area contributed by atoms with Gasteiger partial charge in [0, 0.05) is 11.8 Å². The highest BCUT2D eigenvalue weighted by molar-refractivity contribution is 7.98. The van der Waals surface area contributed by atoms with E-state index in [-0.39, 0.29) is 5.69 Å². The molecular weight excluding hydrogens is 250 g/mol. The van der Waals surface area contributed by atoms with Gasteiger partial charge >= 0.3 is 0 Å². The Kier molecular flexibility index (Phi) is 5.94. The van der Waals surface area contributed by atoms with Gasteiger partial charge in [-0.15, -0.1) is 0 Å². The Morgan fingerprint density at radius 1 is 1.56 bits per heavy atom. The second-order valence-corrected chi connectivity index (χ2v) is 5.31. The van der Waals surface area contributed by atoms with E-state index >= 15 is 0 Å². The molecule has 0 saturated heterocycles. The van der Waals surface area contributed by atoms with E-state index in [0.29, 0.717) is 11.6 Å². The van der Waals surface area contributed by atoms with Crippen LogP contribution in [0.4, 0.5) is 11.4 Å². The van der Waals surface area contributed by atoms with Crippen LogP contribution in [-0.2, 0) is 5.75 Å². The van der Waals surface area contributed by atoms with Gasteiger partial charge in [0.25, 0.3) is 5.69 Å². The van der Waals surface area contributed by atoms with Crippen LogP contribution >= 0.6 is 11.8 Å². The van der Waals surface area contributed by atoms with Crippen molar-refractivity contribution >= 4 is 23.1 Å². The minimum atomic E-state index is -0.439. The van der Waals surface area contributed by atoms with Crippen LogP contribution in [0.1, 0.15) is 25.8 Å². The van der Waals surface area contributed by atoms with Crippen LogP contribution in [0.5, 0.6) is 0 Å². The molecule has 1 aromatic rings. The van der Waals surface area contributed by atoms with Crippen LogP contribution in [0.2, 0.25) is 0 Å². The minimum absolute atomic E-state index is 0.00757. The van der Waals surface area contributed by atoms with Crippen LogP contribution < -0.4 is 11.3 Å². The highest BCUT2D eigenvalue weighted by Crippen LogP contribution is 2.26. The molecule has 1 unspecified atom stereocenters. The summed E-state index contributed by atoms with van der Waals surface area (Å²) in [7, 11) is 0. The van der Waals surface area contributed by atoms with Crippen LogP contribution in [0.25, 0.3) is 0 Å². The number of nitrogens with one attached hydrogen (secondary N) is 1. The Hall–Kier alpha value is -1.27. The summed E-state index contributed by atoms with van der Waals surface area (Å²) in [5.41, 5.74) is 3.79. The molecule has 1 aromatic carbocycles. The summed E-state index contributed by atoms with van der Waals surface area (Å²) in [5, 5.41) is 10.7. The van der Waals surface area contributed by atoms with Crippen molar-refractivity contribution in [2.75, 3.05) is 11.2 Å². The number of nitrogens with two attached hydrogens (primary N) is 1.